The Morgan fingerprint density at radius 1 is 1.16 bits per heavy atom. The number of carbonyl (C=O) groups excluding carboxylic acids is 1. The van der Waals surface area contributed by atoms with Gasteiger partial charge in [0, 0.05) is 23.2 Å². The molecule has 2 heterocycles. The number of likely N-dealkylation sites (tertiary alicyclic amines) is 1. The van der Waals surface area contributed by atoms with Crippen LogP contribution in [-0.2, 0) is 11.9 Å². The third-order valence-corrected chi connectivity index (χ3v) is 7.28. The Morgan fingerprint density at radius 3 is 2.65 bits per heavy atom. The lowest BCUT2D eigenvalue weighted by Crippen LogP contribution is -2.38. The molecule has 2 atom stereocenters. The zero-order valence-corrected chi connectivity index (χ0v) is 18.8. The minimum absolute atomic E-state index is 0.0441. The van der Waals surface area contributed by atoms with E-state index >= 15 is 0 Å². The second kappa shape index (κ2) is 7.84. The van der Waals surface area contributed by atoms with Gasteiger partial charge in [0.05, 0.1) is 11.3 Å². The van der Waals surface area contributed by atoms with E-state index < -0.39 is 11.7 Å². The summed E-state index contributed by atoms with van der Waals surface area (Å²) >= 11 is 1.28. The number of pyridine rings is 1. The molecular weight excluding hydrogens is 421 g/mol. The summed E-state index contributed by atoms with van der Waals surface area (Å²) in [7, 11) is 0. The highest BCUT2D eigenvalue weighted by Gasteiger charge is 2.51. The van der Waals surface area contributed by atoms with Crippen LogP contribution >= 0.6 is 11.8 Å². The number of thioether (sulfide) groups is 1. The van der Waals surface area contributed by atoms with Crippen molar-refractivity contribution in [2.75, 3.05) is 6.54 Å². The van der Waals surface area contributed by atoms with Crippen molar-refractivity contribution in [3.05, 3.63) is 59.4 Å². The highest BCUT2D eigenvalue weighted by molar-refractivity contribution is 7.98. The van der Waals surface area contributed by atoms with Crippen LogP contribution in [0.1, 0.15) is 61.8 Å². The molecule has 1 amide bonds. The van der Waals surface area contributed by atoms with Crippen molar-refractivity contribution >= 4 is 17.7 Å². The summed E-state index contributed by atoms with van der Waals surface area (Å²) in [5.74, 6) is 0.355. The summed E-state index contributed by atoms with van der Waals surface area (Å²) in [6.45, 7) is 7.57. The van der Waals surface area contributed by atoms with Crippen LogP contribution in [0, 0.1) is 10.8 Å². The molecular formula is C24H27F3N2OS. The molecule has 7 heteroatoms. The fourth-order valence-electron chi connectivity index (χ4n) is 5.44. The number of alkyl halides is 3. The van der Waals surface area contributed by atoms with Gasteiger partial charge in [-0.3, -0.25) is 4.79 Å². The maximum Gasteiger partial charge on any atom is 0.416 e. The Labute approximate surface area is 185 Å². The summed E-state index contributed by atoms with van der Waals surface area (Å²) in [6, 6.07) is 10.9. The monoisotopic (exact) mass is 448 g/mol. The SMILES string of the molecule is CC1(C)C[C@@H]2C[C@@](C)(CN2C(=O)c2cccc(CSc3cccc(C(F)(F)F)c3)n2)C1. The van der Waals surface area contributed by atoms with Crippen molar-refractivity contribution in [2.45, 2.75) is 62.9 Å². The number of aromatic nitrogens is 1. The summed E-state index contributed by atoms with van der Waals surface area (Å²) in [6.07, 6.45) is -1.21. The molecule has 3 nitrogen and oxygen atoms in total. The van der Waals surface area contributed by atoms with Gasteiger partial charge in [-0.15, -0.1) is 11.8 Å². The minimum Gasteiger partial charge on any atom is -0.334 e. The number of hydrogen-bond acceptors (Lipinski definition) is 3. The molecule has 1 aromatic carbocycles. The molecule has 2 aliphatic rings. The van der Waals surface area contributed by atoms with Gasteiger partial charge in [0.2, 0.25) is 0 Å². The van der Waals surface area contributed by atoms with Gasteiger partial charge < -0.3 is 4.90 Å². The summed E-state index contributed by atoms with van der Waals surface area (Å²) < 4.78 is 38.8. The highest BCUT2D eigenvalue weighted by atomic mass is 32.2. The number of halogens is 3. The van der Waals surface area contributed by atoms with Crippen LogP contribution in [0.3, 0.4) is 0 Å². The lowest BCUT2D eigenvalue weighted by Gasteiger charge is -2.39. The van der Waals surface area contributed by atoms with Crippen LogP contribution in [0.4, 0.5) is 13.2 Å². The minimum atomic E-state index is -4.36. The van der Waals surface area contributed by atoms with Gasteiger partial charge in [-0.05, 0) is 60.4 Å². The zero-order chi connectivity index (χ0) is 22.4. The molecule has 166 valence electrons. The molecule has 1 aromatic heterocycles. The van der Waals surface area contributed by atoms with Crippen molar-refractivity contribution in [1.29, 1.82) is 0 Å². The molecule has 0 N–H and O–H groups in total. The maximum absolute atomic E-state index is 13.3. The van der Waals surface area contributed by atoms with Crippen LogP contribution in [0.5, 0.6) is 0 Å². The lowest BCUT2D eigenvalue weighted by atomic mass is 9.65. The van der Waals surface area contributed by atoms with Crippen molar-refractivity contribution < 1.29 is 18.0 Å². The van der Waals surface area contributed by atoms with E-state index in [0.29, 0.717) is 22.0 Å². The molecule has 1 saturated heterocycles. The van der Waals surface area contributed by atoms with Crippen LogP contribution in [0.15, 0.2) is 47.4 Å². The van der Waals surface area contributed by atoms with E-state index in [0.717, 1.165) is 37.9 Å². The van der Waals surface area contributed by atoms with Crippen LogP contribution < -0.4 is 0 Å². The fraction of sp³-hybridized carbons (Fsp3) is 0.500. The van der Waals surface area contributed by atoms with E-state index in [1.54, 1.807) is 18.2 Å². The smallest absolute Gasteiger partial charge is 0.334 e. The number of amides is 1. The third kappa shape index (κ3) is 4.92. The third-order valence-electron chi connectivity index (χ3n) is 6.25. The van der Waals surface area contributed by atoms with Crippen molar-refractivity contribution in [3.8, 4) is 0 Å². The normalized spacial score (nSPS) is 25.0. The van der Waals surface area contributed by atoms with Gasteiger partial charge in [0.1, 0.15) is 5.69 Å². The second-order valence-electron chi connectivity index (χ2n) is 9.98. The number of benzene rings is 1. The average molecular weight is 449 g/mol. The van der Waals surface area contributed by atoms with Gasteiger partial charge in [0.25, 0.3) is 5.91 Å². The number of hydrogen-bond donors (Lipinski definition) is 0. The van der Waals surface area contributed by atoms with E-state index in [-0.39, 0.29) is 22.8 Å². The van der Waals surface area contributed by atoms with Gasteiger partial charge in [0.15, 0.2) is 0 Å². The van der Waals surface area contributed by atoms with Crippen molar-refractivity contribution in [3.63, 3.8) is 0 Å². The standard InChI is InChI=1S/C24H27F3N2OS/c1-22(2)11-18-12-23(3,14-22)15-29(18)21(30)20-9-5-7-17(28-20)13-31-19-8-4-6-16(10-19)24(25,26)27/h4-10,18H,11-15H2,1-3H3/t18-,23-/m1/s1. The molecule has 4 rings (SSSR count). The highest BCUT2D eigenvalue weighted by Crippen LogP contribution is 2.52. The number of carbonyl (C=O) groups is 1. The molecule has 2 bridgehead atoms. The Balaban J connectivity index is 1.46. The quantitative estimate of drug-likeness (QED) is 0.505. The van der Waals surface area contributed by atoms with Crippen LogP contribution in [0.2, 0.25) is 0 Å². The molecule has 31 heavy (non-hydrogen) atoms. The van der Waals surface area contributed by atoms with E-state index in [9.17, 15) is 18.0 Å². The molecule has 1 saturated carbocycles. The van der Waals surface area contributed by atoms with E-state index in [2.05, 4.69) is 25.8 Å². The summed E-state index contributed by atoms with van der Waals surface area (Å²) in [5, 5.41) is 0. The number of fused-ring (bicyclic) bond motifs is 2. The predicted molar refractivity (Wildman–Crippen MR) is 116 cm³/mol. The molecule has 0 spiro atoms. The summed E-state index contributed by atoms with van der Waals surface area (Å²) in [5.41, 5.74) is 0.812. The first-order valence-electron chi connectivity index (χ1n) is 10.5. The summed E-state index contributed by atoms with van der Waals surface area (Å²) in [4.78, 5) is 20.3. The topological polar surface area (TPSA) is 33.2 Å². The molecule has 2 aromatic rings. The van der Waals surface area contributed by atoms with Gasteiger partial charge in [-0.2, -0.15) is 13.2 Å². The van der Waals surface area contributed by atoms with Gasteiger partial charge in [-0.1, -0.05) is 32.9 Å². The van der Waals surface area contributed by atoms with Crippen LogP contribution in [0.25, 0.3) is 0 Å². The fourth-order valence-corrected chi connectivity index (χ4v) is 6.30. The van der Waals surface area contributed by atoms with E-state index in [1.165, 1.54) is 17.8 Å². The molecule has 1 aliphatic heterocycles. The first kappa shape index (κ1) is 22.2. The molecule has 0 unspecified atom stereocenters. The van der Waals surface area contributed by atoms with Gasteiger partial charge >= 0.3 is 6.18 Å². The molecule has 0 radical (unpaired) electrons. The van der Waals surface area contributed by atoms with Crippen molar-refractivity contribution in [2.24, 2.45) is 10.8 Å². The molecule has 1 aliphatic carbocycles. The van der Waals surface area contributed by atoms with E-state index in [1.807, 2.05) is 11.0 Å². The first-order valence-corrected chi connectivity index (χ1v) is 11.5. The second-order valence-corrected chi connectivity index (χ2v) is 11.0. The largest absolute Gasteiger partial charge is 0.416 e. The Morgan fingerprint density at radius 2 is 1.90 bits per heavy atom. The van der Waals surface area contributed by atoms with E-state index in [4.69, 9.17) is 0 Å². The van der Waals surface area contributed by atoms with Gasteiger partial charge in [-0.25, -0.2) is 4.98 Å². The zero-order valence-electron chi connectivity index (χ0n) is 18.0. The Bertz CT molecular complexity index is 991. The predicted octanol–water partition coefficient (Wildman–Crippen LogP) is 6.43. The first-order chi connectivity index (χ1) is 14.4. The molecule has 2 fully saturated rings. The lowest BCUT2D eigenvalue weighted by molar-refractivity contribution is -0.137. The number of rotatable bonds is 4. The maximum atomic E-state index is 13.3. The Kier molecular flexibility index (Phi) is 5.61. The Hall–Kier alpha value is -2.02. The average Bonchev–Trinajstić information content (AvgIpc) is 2.94. The van der Waals surface area contributed by atoms with Crippen molar-refractivity contribution in [1.82, 2.24) is 9.88 Å². The van der Waals surface area contributed by atoms with Crippen LogP contribution in [-0.4, -0.2) is 28.4 Å². The number of nitrogens with zero attached hydrogens (tertiary/aromatic N) is 2.